The topological polar surface area (TPSA) is 0 Å². The molecule has 0 radical (unpaired) electrons. The van der Waals surface area contributed by atoms with Crippen LogP contribution in [-0.4, -0.2) is 5.38 Å². The number of hydrogen-bond donors (Lipinski definition) is 0. The third-order valence-corrected chi connectivity index (χ3v) is 2.28. The van der Waals surface area contributed by atoms with Gasteiger partial charge in [-0.25, -0.2) is 0 Å². The highest BCUT2D eigenvalue weighted by Gasteiger charge is 2.12. The average Bonchev–Trinajstić information content (AvgIpc) is 1.64. The Hall–Kier alpha value is 0.290. The van der Waals surface area contributed by atoms with E-state index < -0.39 is 0 Å². The third kappa shape index (κ3) is 2.56. The number of hydrogen-bond acceptors (Lipinski definition) is 0. The standard InChI is InChI=1S/C7H15Cl/c1-5(2)7(8)6(3)4/h5-7H,1-4H3. The molecule has 0 fully saturated rings. The van der Waals surface area contributed by atoms with Gasteiger partial charge in [0.1, 0.15) is 0 Å². The van der Waals surface area contributed by atoms with Crippen molar-refractivity contribution in [3.05, 3.63) is 0 Å². The van der Waals surface area contributed by atoms with Crippen LogP contribution in [0.15, 0.2) is 0 Å². The molecule has 0 saturated heterocycles. The minimum Gasteiger partial charge on any atom is -0.122 e. The molecule has 0 aromatic carbocycles. The molecule has 0 atom stereocenters. The SMILES string of the molecule is CC(C)C(Cl)C(C)C. The first-order valence-electron chi connectivity index (χ1n) is 3.19. The number of alkyl halides is 1. The molecule has 0 aliphatic rings. The monoisotopic (exact) mass is 134 g/mol. The largest absolute Gasteiger partial charge is 0.122 e. The van der Waals surface area contributed by atoms with Crippen molar-refractivity contribution < 1.29 is 0 Å². The summed E-state index contributed by atoms with van der Waals surface area (Å²) < 4.78 is 0. The van der Waals surface area contributed by atoms with Gasteiger partial charge in [0.25, 0.3) is 0 Å². The Morgan fingerprint density at radius 2 is 1.12 bits per heavy atom. The van der Waals surface area contributed by atoms with Gasteiger partial charge in [0.05, 0.1) is 0 Å². The maximum absolute atomic E-state index is 5.95. The van der Waals surface area contributed by atoms with Gasteiger partial charge in [-0.2, -0.15) is 0 Å². The van der Waals surface area contributed by atoms with Gasteiger partial charge in [0, 0.05) is 5.38 Å². The van der Waals surface area contributed by atoms with Crippen molar-refractivity contribution in [3.63, 3.8) is 0 Å². The van der Waals surface area contributed by atoms with E-state index in [4.69, 9.17) is 11.6 Å². The highest BCUT2D eigenvalue weighted by molar-refractivity contribution is 6.20. The lowest BCUT2D eigenvalue weighted by molar-refractivity contribution is 0.479. The maximum atomic E-state index is 5.95. The summed E-state index contributed by atoms with van der Waals surface area (Å²) in [4.78, 5) is 0. The van der Waals surface area contributed by atoms with Gasteiger partial charge in [-0.3, -0.25) is 0 Å². The van der Waals surface area contributed by atoms with Crippen LogP contribution in [0.25, 0.3) is 0 Å². The predicted octanol–water partition coefficient (Wildman–Crippen LogP) is 2.91. The van der Waals surface area contributed by atoms with E-state index in [1.807, 2.05) is 0 Å². The molecule has 0 nitrogen and oxygen atoms in total. The first-order valence-corrected chi connectivity index (χ1v) is 3.63. The van der Waals surface area contributed by atoms with Crippen LogP contribution in [0.3, 0.4) is 0 Å². The molecule has 50 valence electrons. The molecule has 0 aliphatic carbocycles. The summed E-state index contributed by atoms with van der Waals surface area (Å²) in [5.74, 6) is 1.22. The molecular formula is C7H15Cl. The van der Waals surface area contributed by atoms with Gasteiger partial charge in [-0.1, -0.05) is 27.7 Å². The molecule has 0 aromatic rings. The van der Waals surface area contributed by atoms with E-state index in [-0.39, 0.29) is 0 Å². The van der Waals surface area contributed by atoms with Gasteiger partial charge in [-0.05, 0) is 11.8 Å². The summed E-state index contributed by atoms with van der Waals surface area (Å²) in [5, 5.41) is 0.343. The van der Waals surface area contributed by atoms with Crippen molar-refractivity contribution in [2.24, 2.45) is 11.8 Å². The molecule has 0 saturated carbocycles. The molecule has 0 aromatic heterocycles. The average molecular weight is 135 g/mol. The summed E-state index contributed by atoms with van der Waals surface area (Å²) in [6.45, 7) is 8.60. The van der Waals surface area contributed by atoms with Crippen LogP contribution in [0, 0.1) is 11.8 Å². The Kier molecular flexibility index (Phi) is 3.46. The second kappa shape index (κ2) is 3.34. The second-order valence-corrected chi connectivity index (χ2v) is 3.44. The van der Waals surface area contributed by atoms with Gasteiger partial charge >= 0.3 is 0 Å². The Bertz CT molecular complexity index is 49.4. The molecule has 0 bridgehead atoms. The van der Waals surface area contributed by atoms with Gasteiger partial charge in [-0.15, -0.1) is 11.6 Å². The van der Waals surface area contributed by atoms with Crippen LogP contribution in [-0.2, 0) is 0 Å². The summed E-state index contributed by atoms with van der Waals surface area (Å²) in [6, 6.07) is 0. The van der Waals surface area contributed by atoms with Crippen molar-refractivity contribution in [2.75, 3.05) is 0 Å². The third-order valence-electron chi connectivity index (χ3n) is 1.27. The van der Waals surface area contributed by atoms with E-state index in [0.717, 1.165) is 0 Å². The zero-order valence-electron chi connectivity index (χ0n) is 6.11. The summed E-state index contributed by atoms with van der Waals surface area (Å²) in [5.41, 5.74) is 0. The lowest BCUT2D eigenvalue weighted by Gasteiger charge is -2.16. The molecule has 0 unspecified atom stereocenters. The predicted molar refractivity (Wildman–Crippen MR) is 39.3 cm³/mol. The smallest absolute Gasteiger partial charge is 0.0381 e. The molecule has 0 aliphatic heterocycles. The second-order valence-electron chi connectivity index (χ2n) is 2.93. The maximum Gasteiger partial charge on any atom is 0.0381 e. The Morgan fingerprint density at radius 1 is 0.875 bits per heavy atom. The van der Waals surface area contributed by atoms with Crippen molar-refractivity contribution in [1.82, 2.24) is 0 Å². The van der Waals surface area contributed by atoms with Crippen LogP contribution < -0.4 is 0 Å². The molecule has 0 spiro atoms. The quantitative estimate of drug-likeness (QED) is 0.510. The van der Waals surface area contributed by atoms with Crippen LogP contribution in [0.4, 0.5) is 0 Å². The van der Waals surface area contributed by atoms with E-state index in [1.165, 1.54) is 0 Å². The molecule has 0 N–H and O–H groups in total. The Labute approximate surface area is 57.2 Å². The van der Waals surface area contributed by atoms with E-state index >= 15 is 0 Å². The minimum atomic E-state index is 0.343. The fraction of sp³-hybridized carbons (Fsp3) is 1.00. The first-order chi connectivity index (χ1) is 3.55. The normalized spacial score (nSPS) is 12.0. The van der Waals surface area contributed by atoms with Crippen LogP contribution in [0.2, 0.25) is 0 Å². The van der Waals surface area contributed by atoms with E-state index in [0.29, 0.717) is 17.2 Å². The lowest BCUT2D eigenvalue weighted by atomic mass is 10.0. The van der Waals surface area contributed by atoms with Crippen LogP contribution in [0.5, 0.6) is 0 Å². The van der Waals surface area contributed by atoms with Gasteiger partial charge in [0.2, 0.25) is 0 Å². The number of halogens is 1. The molecule has 1 heteroatoms. The van der Waals surface area contributed by atoms with Crippen LogP contribution in [0.1, 0.15) is 27.7 Å². The van der Waals surface area contributed by atoms with E-state index in [1.54, 1.807) is 0 Å². The molecular weight excluding hydrogens is 120 g/mol. The molecule has 0 rings (SSSR count). The molecule has 0 heterocycles. The first kappa shape index (κ1) is 8.29. The lowest BCUT2D eigenvalue weighted by Crippen LogP contribution is -2.14. The zero-order chi connectivity index (χ0) is 6.73. The van der Waals surface area contributed by atoms with Crippen molar-refractivity contribution >= 4 is 11.6 Å². The highest BCUT2D eigenvalue weighted by atomic mass is 35.5. The molecule has 8 heavy (non-hydrogen) atoms. The van der Waals surface area contributed by atoms with Gasteiger partial charge < -0.3 is 0 Å². The Morgan fingerprint density at radius 3 is 1.12 bits per heavy atom. The van der Waals surface area contributed by atoms with Crippen molar-refractivity contribution in [1.29, 1.82) is 0 Å². The zero-order valence-corrected chi connectivity index (χ0v) is 6.87. The Balaban J connectivity index is 3.46. The van der Waals surface area contributed by atoms with Gasteiger partial charge in [0.15, 0.2) is 0 Å². The van der Waals surface area contributed by atoms with Crippen molar-refractivity contribution in [3.8, 4) is 0 Å². The minimum absolute atomic E-state index is 0.343. The highest BCUT2D eigenvalue weighted by Crippen LogP contribution is 2.17. The van der Waals surface area contributed by atoms with Crippen LogP contribution >= 0.6 is 11.6 Å². The summed E-state index contributed by atoms with van der Waals surface area (Å²) in [7, 11) is 0. The summed E-state index contributed by atoms with van der Waals surface area (Å²) >= 11 is 5.95. The summed E-state index contributed by atoms with van der Waals surface area (Å²) in [6.07, 6.45) is 0. The van der Waals surface area contributed by atoms with E-state index in [2.05, 4.69) is 27.7 Å². The fourth-order valence-corrected chi connectivity index (χ4v) is 0.770. The molecule has 0 amide bonds. The van der Waals surface area contributed by atoms with Crippen molar-refractivity contribution in [2.45, 2.75) is 33.1 Å². The fourth-order valence-electron chi connectivity index (χ4n) is 0.770. The number of rotatable bonds is 2. The van der Waals surface area contributed by atoms with E-state index in [9.17, 15) is 0 Å².